The molecule has 3 heteroatoms. The Hall–Kier alpha value is -1.27. The third kappa shape index (κ3) is 3.30. The predicted octanol–water partition coefficient (Wildman–Crippen LogP) is 1.44. The lowest BCUT2D eigenvalue weighted by molar-refractivity contribution is 0.293. The van der Waals surface area contributed by atoms with E-state index in [9.17, 15) is 0 Å². The van der Waals surface area contributed by atoms with Crippen LogP contribution in [0.4, 0.5) is 0 Å². The van der Waals surface area contributed by atoms with Crippen molar-refractivity contribution in [2.45, 2.75) is 20.4 Å². The van der Waals surface area contributed by atoms with Crippen LogP contribution in [0.15, 0.2) is 10.6 Å². The molecule has 0 bridgehead atoms. The van der Waals surface area contributed by atoms with Crippen LogP contribution in [0.25, 0.3) is 0 Å². The van der Waals surface area contributed by atoms with Crippen LogP contribution in [0.1, 0.15) is 18.4 Å². The van der Waals surface area contributed by atoms with Gasteiger partial charge in [0, 0.05) is 6.07 Å². The Morgan fingerprint density at radius 1 is 1.62 bits per heavy atom. The molecule has 13 heavy (non-hydrogen) atoms. The van der Waals surface area contributed by atoms with E-state index in [1.807, 2.05) is 27.0 Å². The first-order valence-electron chi connectivity index (χ1n) is 4.22. The van der Waals surface area contributed by atoms with Crippen molar-refractivity contribution >= 4 is 0 Å². The van der Waals surface area contributed by atoms with Crippen LogP contribution in [0, 0.1) is 18.8 Å². The third-order valence-electron chi connectivity index (χ3n) is 1.63. The fourth-order valence-corrected chi connectivity index (χ4v) is 1.03. The summed E-state index contributed by atoms with van der Waals surface area (Å²) in [6.45, 7) is 5.27. The molecule has 0 atom stereocenters. The van der Waals surface area contributed by atoms with Gasteiger partial charge in [0.1, 0.15) is 0 Å². The standard InChI is InChI=1S/C10H14N2O/c1-4-5-6-12(3)8-10-7-9(2)11-13-10/h7H,6,8H2,1-3H3. The Labute approximate surface area is 78.7 Å². The maximum atomic E-state index is 5.08. The summed E-state index contributed by atoms with van der Waals surface area (Å²) in [6.07, 6.45) is 0. The molecule has 0 radical (unpaired) electrons. The first kappa shape index (κ1) is 9.82. The van der Waals surface area contributed by atoms with Crippen molar-refractivity contribution in [2.24, 2.45) is 0 Å². The van der Waals surface area contributed by atoms with Gasteiger partial charge in [-0.2, -0.15) is 0 Å². The number of rotatable bonds is 3. The van der Waals surface area contributed by atoms with Crippen molar-refractivity contribution in [3.63, 3.8) is 0 Å². The molecule has 0 amide bonds. The van der Waals surface area contributed by atoms with Gasteiger partial charge in [0.05, 0.1) is 18.8 Å². The fourth-order valence-electron chi connectivity index (χ4n) is 1.03. The second kappa shape index (κ2) is 4.68. The van der Waals surface area contributed by atoms with Crippen molar-refractivity contribution in [3.8, 4) is 11.8 Å². The monoisotopic (exact) mass is 178 g/mol. The van der Waals surface area contributed by atoms with E-state index < -0.39 is 0 Å². The van der Waals surface area contributed by atoms with Gasteiger partial charge in [-0.25, -0.2) is 0 Å². The maximum absolute atomic E-state index is 5.08. The van der Waals surface area contributed by atoms with E-state index in [0.29, 0.717) is 0 Å². The van der Waals surface area contributed by atoms with Gasteiger partial charge < -0.3 is 4.52 Å². The highest BCUT2D eigenvalue weighted by atomic mass is 16.5. The molecule has 70 valence electrons. The molecule has 0 N–H and O–H groups in total. The summed E-state index contributed by atoms with van der Waals surface area (Å²) in [7, 11) is 2.00. The van der Waals surface area contributed by atoms with Crippen LogP contribution in [0.2, 0.25) is 0 Å². The molecule has 0 aromatic carbocycles. The highest BCUT2D eigenvalue weighted by molar-refractivity contribution is 5.04. The summed E-state index contributed by atoms with van der Waals surface area (Å²) < 4.78 is 5.08. The van der Waals surface area contributed by atoms with E-state index in [-0.39, 0.29) is 0 Å². The number of nitrogens with zero attached hydrogens (tertiary/aromatic N) is 2. The van der Waals surface area contributed by atoms with Crippen molar-refractivity contribution in [3.05, 3.63) is 17.5 Å². The Bertz CT molecular complexity index is 319. The van der Waals surface area contributed by atoms with Crippen LogP contribution >= 0.6 is 0 Å². The lowest BCUT2D eigenvalue weighted by Crippen LogP contribution is -2.17. The molecule has 0 aliphatic carbocycles. The molecular weight excluding hydrogens is 164 g/mol. The summed E-state index contributed by atoms with van der Waals surface area (Å²) in [5.41, 5.74) is 0.921. The molecular formula is C10H14N2O. The molecule has 0 saturated heterocycles. The first-order chi connectivity index (χ1) is 6.22. The van der Waals surface area contributed by atoms with E-state index in [1.165, 1.54) is 0 Å². The van der Waals surface area contributed by atoms with Gasteiger partial charge in [-0.1, -0.05) is 11.1 Å². The van der Waals surface area contributed by atoms with Crippen LogP contribution in [0.5, 0.6) is 0 Å². The molecule has 1 heterocycles. The van der Waals surface area contributed by atoms with Crippen LogP contribution < -0.4 is 0 Å². The van der Waals surface area contributed by atoms with Gasteiger partial charge in [0.15, 0.2) is 5.76 Å². The number of aromatic nitrogens is 1. The zero-order valence-electron chi connectivity index (χ0n) is 8.29. The minimum absolute atomic E-state index is 0.759. The molecule has 0 aliphatic rings. The highest BCUT2D eigenvalue weighted by Crippen LogP contribution is 2.04. The SMILES string of the molecule is CC#CCN(C)Cc1cc(C)no1. The van der Waals surface area contributed by atoms with Crippen LogP contribution in [0.3, 0.4) is 0 Å². The largest absolute Gasteiger partial charge is 0.360 e. The van der Waals surface area contributed by atoms with Gasteiger partial charge in [0.25, 0.3) is 0 Å². The van der Waals surface area contributed by atoms with Crippen molar-refractivity contribution in [1.29, 1.82) is 0 Å². The summed E-state index contributed by atoms with van der Waals surface area (Å²) in [4.78, 5) is 2.08. The summed E-state index contributed by atoms with van der Waals surface area (Å²) in [6, 6.07) is 1.94. The highest BCUT2D eigenvalue weighted by Gasteiger charge is 2.03. The van der Waals surface area contributed by atoms with Crippen LogP contribution in [-0.4, -0.2) is 23.6 Å². The second-order valence-corrected chi connectivity index (χ2v) is 3.03. The average molecular weight is 178 g/mol. The lowest BCUT2D eigenvalue weighted by Gasteiger charge is -2.09. The quantitative estimate of drug-likeness (QED) is 0.656. The molecule has 0 saturated carbocycles. The maximum Gasteiger partial charge on any atom is 0.150 e. The average Bonchev–Trinajstić information content (AvgIpc) is 2.48. The fraction of sp³-hybridized carbons (Fsp3) is 0.500. The molecule has 0 spiro atoms. The van der Waals surface area contributed by atoms with E-state index in [2.05, 4.69) is 21.9 Å². The van der Waals surface area contributed by atoms with Gasteiger partial charge >= 0.3 is 0 Å². The Morgan fingerprint density at radius 2 is 2.38 bits per heavy atom. The molecule has 0 aliphatic heterocycles. The Balaban J connectivity index is 2.43. The molecule has 0 unspecified atom stereocenters. The Kier molecular flexibility index (Phi) is 3.53. The summed E-state index contributed by atoms with van der Waals surface area (Å²) in [5, 5.41) is 3.81. The van der Waals surface area contributed by atoms with E-state index >= 15 is 0 Å². The predicted molar refractivity (Wildman–Crippen MR) is 51.0 cm³/mol. The zero-order chi connectivity index (χ0) is 9.68. The Morgan fingerprint density at radius 3 is 2.92 bits per heavy atom. The minimum Gasteiger partial charge on any atom is -0.360 e. The molecule has 1 rings (SSSR count). The van der Waals surface area contributed by atoms with Crippen molar-refractivity contribution in [1.82, 2.24) is 10.1 Å². The van der Waals surface area contributed by atoms with E-state index in [1.54, 1.807) is 0 Å². The first-order valence-corrected chi connectivity index (χ1v) is 4.22. The van der Waals surface area contributed by atoms with Gasteiger partial charge in [-0.05, 0) is 20.9 Å². The minimum atomic E-state index is 0.759. The summed E-state index contributed by atoms with van der Waals surface area (Å²) in [5.74, 6) is 6.73. The zero-order valence-corrected chi connectivity index (χ0v) is 8.29. The smallest absolute Gasteiger partial charge is 0.150 e. The van der Waals surface area contributed by atoms with Crippen molar-refractivity contribution < 1.29 is 4.52 Å². The van der Waals surface area contributed by atoms with Crippen LogP contribution in [-0.2, 0) is 6.54 Å². The van der Waals surface area contributed by atoms with E-state index in [4.69, 9.17) is 4.52 Å². The lowest BCUT2D eigenvalue weighted by atomic mass is 10.3. The van der Waals surface area contributed by atoms with Crippen molar-refractivity contribution in [2.75, 3.05) is 13.6 Å². The van der Waals surface area contributed by atoms with Gasteiger partial charge in [-0.15, -0.1) is 5.92 Å². The molecule has 1 aromatic heterocycles. The topological polar surface area (TPSA) is 29.3 Å². The second-order valence-electron chi connectivity index (χ2n) is 3.03. The van der Waals surface area contributed by atoms with Gasteiger partial charge in [0.2, 0.25) is 0 Å². The number of hydrogen-bond acceptors (Lipinski definition) is 3. The number of aryl methyl sites for hydroxylation is 1. The molecule has 1 aromatic rings. The normalized spacial score (nSPS) is 9.85. The molecule has 0 fully saturated rings. The van der Waals surface area contributed by atoms with Gasteiger partial charge in [-0.3, -0.25) is 4.90 Å². The summed E-state index contributed by atoms with van der Waals surface area (Å²) >= 11 is 0. The third-order valence-corrected chi connectivity index (χ3v) is 1.63. The van der Waals surface area contributed by atoms with E-state index in [0.717, 1.165) is 24.5 Å². The molecule has 3 nitrogen and oxygen atoms in total. The number of hydrogen-bond donors (Lipinski definition) is 0.